The molecule has 0 aliphatic carbocycles. The fourth-order valence-corrected chi connectivity index (χ4v) is 6.54. The zero-order valence-electron chi connectivity index (χ0n) is 20.1. The van der Waals surface area contributed by atoms with Crippen molar-refractivity contribution in [3.8, 4) is 39.6 Å². The first kappa shape index (κ1) is 22.8. The number of imidazole rings is 1. The first-order valence-corrected chi connectivity index (χ1v) is 13.8. The number of fused-ring (bicyclic) bond motifs is 4. The van der Waals surface area contributed by atoms with E-state index in [1.807, 2.05) is 89.6 Å². The molecule has 0 fully saturated rings. The highest BCUT2D eigenvalue weighted by Crippen LogP contribution is 2.47. The van der Waals surface area contributed by atoms with Gasteiger partial charge in [-0.1, -0.05) is 60.1 Å². The summed E-state index contributed by atoms with van der Waals surface area (Å²) in [7, 11) is -2.15. The first-order valence-electron chi connectivity index (χ1n) is 11.9. The molecule has 1 aliphatic rings. The fourth-order valence-electron chi connectivity index (χ4n) is 4.97. The number of H-pyrrole nitrogens is 1. The number of anilines is 1. The molecule has 186 valence electrons. The zero-order valence-corrected chi connectivity index (χ0v) is 21.7. The van der Waals surface area contributed by atoms with Crippen LogP contribution >= 0.6 is 11.6 Å². The molecule has 0 saturated carbocycles. The normalized spacial score (nSPS) is 13.9. The largest absolute Gasteiger partial charge is 0.338 e. The summed E-state index contributed by atoms with van der Waals surface area (Å²) in [4.78, 5) is 8.26. The maximum atomic E-state index is 13.5. The van der Waals surface area contributed by atoms with Gasteiger partial charge in [0.2, 0.25) is 0 Å². The summed E-state index contributed by atoms with van der Waals surface area (Å²) < 4.78 is 30.1. The first-order chi connectivity index (χ1) is 18.4. The number of benzene rings is 4. The Kier molecular flexibility index (Phi) is 4.98. The molecule has 7 nitrogen and oxygen atoms in total. The minimum atomic E-state index is -3.73. The zero-order chi connectivity index (χ0) is 26.0. The molecule has 0 saturated heterocycles. The predicted octanol–water partition coefficient (Wildman–Crippen LogP) is 6.54. The molecule has 1 N–H and O–H groups in total. The van der Waals surface area contributed by atoms with E-state index in [0.29, 0.717) is 27.7 Å². The van der Waals surface area contributed by atoms with Crippen LogP contribution in [0, 0.1) is 0 Å². The van der Waals surface area contributed by atoms with E-state index in [2.05, 4.69) is 9.97 Å². The van der Waals surface area contributed by atoms with E-state index in [0.717, 1.165) is 33.7 Å². The number of sulfonamides is 1. The van der Waals surface area contributed by atoms with Gasteiger partial charge in [-0.05, 0) is 48.5 Å². The Balaban J connectivity index is 1.42. The third-order valence-corrected chi connectivity index (χ3v) is 8.88. The maximum Gasteiger partial charge on any atom is 0.264 e. The van der Waals surface area contributed by atoms with Crippen molar-refractivity contribution >= 4 is 38.3 Å². The molecule has 0 spiro atoms. The van der Waals surface area contributed by atoms with E-state index < -0.39 is 10.0 Å². The van der Waals surface area contributed by atoms with Crippen molar-refractivity contribution in [2.45, 2.75) is 4.90 Å². The van der Waals surface area contributed by atoms with Gasteiger partial charge in [0.05, 0.1) is 27.3 Å². The Morgan fingerprint density at radius 2 is 1.58 bits per heavy atom. The number of nitrogens with one attached hydrogen (secondary N) is 1. The van der Waals surface area contributed by atoms with Crippen LogP contribution in [0.1, 0.15) is 0 Å². The van der Waals surface area contributed by atoms with Gasteiger partial charge < -0.3 is 4.98 Å². The van der Waals surface area contributed by atoms with E-state index >= 15 is 0 Å². The molecule has 0 bridgehead atoms. The van der Waals surface area contributed by atoms with Crippen molar-refractivity contribution < 1.29 is 8.42 Å². The summed E-state index contributed by atoms with van der Waals surface area (Å²) in [5, 5.41) is 5.62. The van der Waals surface area contributed by atoms with Crippen molar-refractivity contribution in [2.24, 2.45) is 0 Å². The molecule has 1 aliphatic heterocycles. The predicted molar refractivity (Wildman–Crippen MR) is 150 cm³/mol. The van der Waals surface area contributed by atoms with Gasteiger partial charge in [0.25, 0.3) is 10.0 Å². The quantitative estimate of drug-likeness (QED) is 0.278. The SMILES string of the molecule is CN1c2c(nn(-c3ccc(-c4nc5ccc(Cl)cc5[nH]4)cc3)c2-c2ccccc2)-c2ccccc2S1(=O)=O. The van der Waals surface area contributed by atoms with Crippen molar-refractivity contribution in [1.29, 1.82) is 0 Å². The Hall–Kier alpha value is -4.40. The van der Waals surface area contributed by atoms with Crippen LogP contribution in [0.2, 0.25) is 5.02 Å². The number of nitrogens with zero attached hydrogens (tertiary/aromatic N) is 4. The maximum absolute atomic E-state index is 13.5. The molecule has 9 heteroatoms. The summed E-state index contributed by atoms with van der Waals surface area (Å²) >= 11 is 6.13. The topological polar surface area (TPSA) is 83.9 Å². The van der Waals surface area contributed by atoms with Gasteiger partial charge >= 0.3 is 0 Å². The Labute approximate surface area is 224 Å². The van der Waals surface area contributed by atoms with Gasteiger partial charge in [-0.3, -0.25) is 4.31 Å². The minimum absolute atomic E-state index is 0.250. The van der Waals surface area contributed by atoms with Crippen molar-refractivity contribution in [3.63, 3.8) is 0 Å². The number of hydrogen-bond donors (Lipinski definition) is 1. The third kappa shape index (κ3) is 3.38. The monoisotopic (exact) mass is 537 g/mol. The van der Waals surface area contributed by atoms with Crippen LogP contribution in [0.4, 0.5) is 5.69 Å². The molecule has 0 unspecified atom stereocenters. The van der Waals surface area contributed by atoms with Gasteiger partial charge in [-0.2, -0.15) is 5.10 Å². The highest BCUT2D eigenvalue weighted by Gasteiger charge is 2.38. The Bertz CT molecular complexity index is 1960. The molecule has 2 aromatic heterocycles. The lowest BCUT2D eigenvalue weighted by atomic mass is 10.1. The van der Waals surface area contributed by atoms with Crippen LogP contribution in [0.25, 0.3) is 50.6 Å². The summed E-state index contributed by atoms with van der Waals surface area (Å²) in [6.07, 6.45) is 0. The second kappa shape index (κ2) is 8.31. The van der Waals surface area contributed by atoms with Crippen molar-refractivity contribution in [1.82, 2.24) is 19.7 Å². The molecule has 7 rings (SSSR count). The number of aromatic amines is 1. The van der Waals surface area contributed by atoms with Crippen LogP contribution in [0.3, 0.4) is 0 Å². The summed E-state index contributed by atoms with van der Waals surface area (Å²) in [6.45, 7) is 0. The average molecular weight is 538 g/mol. The molecule has 4 aromatic carbocycles. The van der Waals surface area contributed by atoms with E-state index in [-0.39, 0.29) is 4.90 Å². The molecular formula is C29H20ClN5O2S. The van der Waals surface area contributed by atoms with Crippen molar-refractivity contribution in [2.75, 3.05) is 11.4 Å². The van der Waals surface area contributed by atoms with Gasteiger partial charge in [0.1, 0.15) is 17.2 Å². The number of halogens is 1. The number of aromatic nitrogens is 4. The van der Waals surface area contributed by atoms with Gasteiger partial charge in [0.15, 0.2) is 0 Å². The van der Waals surface area contributed by atoms with Crippen LogP contribution < -0.4 is 4.31 Å². The van der Waals surface area contributed by atoms with Crippen molar-refractivity contribution in [3.05, 3.63) is 102 Å². The molecule has 3 heterocycles. The Morgan fingerprint density at radius 3 is 2.37 bits per heavy atom. The molecular weight excluding hydrogens is 518 g/mol. The van der Waals surface area contributed by atoms with E-state index in [1.54, 1.807) is 19.2 Å². The van der Waals surface area contributed by atoms with Crippen LogP contribution in [-0.4, -0.2) is 35.2 Å². The second-order valence-electron chi connectivity index (χ2n) is 9.09. The lowest BCUT2D eigenvalue weighted by Gasteiger charge is -2.26. The Morgan fingerprint density at radius 1 is 0.842 bits per heavy atom. The van der Waals surface area contributed by atoms with Crippen LogP contribution in [0.15, 0.2) is 102 Å². The van der Waals surface area contributed by atoms with E-state index in [1.165, 1.54) is 4.31 Å². The second-order valence-corrected chi connectivity index (χ2v) is 11.5. The lowest BCUT2D eigenvalue weighted by Crippen LogP contribution is -2.30. The lowest BCUT2D eigenvalue weighted by molar-refractivity contribution is 0.594. The molecule has 0 radical (unpaired) electrons. The minimum Gasteiger partial charge on any atom is -0.338 e. The molecule has 6 aromatic rings. The highest BCUT2D eigenvalue weighted by molar-refractivity contribution is 7.93. The summed E-state index contributed by atoms with van der Waals surface area (Å²) in [5.41, 5.74) is 6.73. The highest BCUT2D eigenvalue weighted by atomic mass is 35.5. The smallest absolute Gasteiger partial charge is 0.264 e. The standard InChI is InChI=1S/C29H20ClN5O2S/c1-34-28-26(22-9-5-6-10-25(22)38(34,36)37)33-35(27(28)18-7-3-2-4-8-18)21-14-11-19(12-15-21)29-31-23-16-13-20(30)17-24(23)32-29/h2-17H,1H3,(H,31,32). The third-order valence-electron chi connectivity index (χ3n) is 6.83. The van der Waals surface area contributed by atoms with E-state index in [9.17, 15) is 8.42 Å². The van der Waals surface area contributed by atoms with Gasteiger partial charge in [-0.15, -0.1) is 0 Å². The molecule has 0 atom stereocenters. The number of rotatable bonds is 3. The average Bonchev–Trinajstić information content (AvgIpc) is 3.55. The van der Waals surface area contributed by atoms with E-state index in [4.69, 9.17) is 16.7 Å². The fraction of sp³-hybridized carbons (Fsp3) is 0.0345. The van der Waals surface area contributed by atoms with Gasteiger partial charge in [0, 0.05) is 28.8 Å². The number of hydrogen-bond acceptors (Lipinski definition) is 4. The molecule has 0 amide bonds. The van der Waals surface area contributed by atoms with Gasteiger partial charge in [-0.25, -0.2) is 18.1 Å². The summed E-state index contributed by atoms with van der Waals surface area (Å²) in [6, 6.07) is 30.1. The summed E-state index contributed by atoms with van der Waals surface area (Å²) in [5.74, 6) is 0.733. The molecule has 38 heavy (non-hydrogen) atoms. The van der Waals surface area contributed by atoms with Crippen LogP contribution in [-0.2, 0) is 10.0 Å². The van der Waals surface area contributed by atoms with Crippen LogP contribution in [0.5, 0.6) is 0 Å².